The predicted octanol–water partition coefficient (Wildman–Crippen LogP) is 2.95. The number of anilines is 1. The average molecular weight is 433 g/mol. The molecule has 0 atom stereocenters. The topological polar surface area (TPSA) is 121 Å². The van der Waals surface area contributed by atoms with Crippen LogP contribution in [0, 0.1) is 10.1 Å². The van der Waals surface area contributed by atoms with E-state index in [1.165, 1.54) is 41.4 Å². The molecule has 2 aromatic rings. The molecule has 0 saturated carbocycles. The third kappa shape index (κ3) is 4.47. The first-order valence-corrected chi connectivity index (χ1v) is 10.0. The second-order valence-electron chi connectivity index (χ2n) is 6.01. The Morgan fingerprint density at radius 3 is 2.24 bits per heavy atom. The molecule has 11 heteroatoms. The molecule has 0 radical (unpaired) electrons. The van der Waals surface area contributed by atoms with Gasteiger partial charge in [0, 0.05) is 18.2 Å². The number of nitrogens with zero attached hydrogens (tertiary/aromatic N) is 3. The fourth-order valence-electron chi connectivity index (χ4n) is 2.64. The summed E-state index contributed by atoms with van der Waals surface area (Å²) in [7, 11) is -3.86. The summed E-state index contributed by atoms with van der Waals surface area (Å²) >= 11 is 4.07. The maximum absolute atomic E-state index is 12.7. The van der Waals surface area contributed by atoms with Crippen LogP contribution in [0.2, 0.25) is 0 Å². The van der Waals surface area contributed by atoms with Crippen LogP contribution in [0.1, 0.15) is 11.1 Å². The number of benzene rings is 2. The fraction of sp³-hybridized carbons (Fsp3) is 0.0556. The fourth-order valence-corrected chi connectivity index (χ4v) is 4.31. The Labute approximate surface area is 171 Å². The molecule has 1 fully saturated rings. The summed E-state index contributed by atoms with van der Waals surface area (Å²) in [5, 5.41) is 20.8. The van der Waals surface area contributed by atoms with Gasteiger partial charge in [0.15, 0.2) is 0 Å². The number of hydrazine groups is 1. The number of hydrogen-bond donors (Lipinski definition) is 2. The monoisotopic (exact) mass is 433 g/mol. The maximum Gasteiger partial charge on any atom is 0.328 e. The zero-order chi connectivity index (χ0) is 21.2. The number of nitro benzene ring substituents is 1. The molecule has 0 amide bonds. The summed E-state index contributed by atoms with van der Waals surface area (Å²) in [5.74, 6) is -1.06. The largest absolute Gasteiger partial charge is 0.478 e. The molecule has 0 spiro atoms. The molecule has 1 N–H and O–H groups in total. The van der Waals surface area contributed by atoms with Crippen LogP contribution in [-0.2, 0) is 14.8 Å². The van der Waals surface area contributed by atoms with Gasteiger partial charge in [0.2, 0.25) is 0 Å². The Bertz CT molecular complexity index is 1110. The first kappa shape index (κ1) is 20.6. The van der Waals surface area contributed by atoms with Crippen LogP contribution in [0.5, 0.6) is 0 Å². The van der Waals surface area contributed by atoms with Crippen molar-refractivity contribution in [1.82, 2.24) is 3.82 Å². The highest BCUT2D eigenvalue weighted by molar-refractivity contribution is 8.02. The summed E-state index contributed by atoms with van der Waals surface area (Å²) in [6.45, 7) is 0.00428. The van der Waals surface area contributed by atoms with E-state index >= 15 is 0 Å². The van der Waals surface area contributed by atoms with Gasteiger partial charge in [-0.2, -0.15) is 0 Å². The molecule has 1 aliphatic rings. The lowest BCUT2D eigenvalue weighted by Gasteiger charge is -2.21. The van der Waals surface area contributed by atoms with Crippen LogP contribution >= 0.6 is 12.8 Å². The first-order chi connectivity index (χ1) is 13.7. The third-order valence-electron chi connectivity index (χ3n) is 4.10. The highest BCUT2D eigenvalue weighted by Crippen LogP contribution is 2.34. The summed E-state index contributed by atoms with van der Waals surface area (Å²) in [6, 6.07) is 12.1. The lowest BCUT2D eigenvalue weighted by Crippen LogP contribution is -2.31. The van der Waals surface area contributed by atoms with E-state index in [4.69, 9.17) is 5.11 Å². The van der Waals surface area contributed by atoms with Crippen LogP contribution in [0.25, 0.3) is 12.2 Å². The van der Waals surface area contributed by atoms with Crippen molar-refractivity contribution >= 4 is 52.3 Å². The van der Waals surface area contributed by atoms with E-state index in [9.17, 15) is 23.3 Å². The van der Waals surface area contributed by atoms with Gasteiger partial charge >= 0.3 is 5.97 Å². The minimum atomic E-state index is -3.86. The van der Waals surface area contributed by atoms with Gasteiger partial charge < -0.3 is 5.11 Å². The van der Waals surface area contributed by atoms with E-state index < -0.39 is 20.9 Å². The molecule has 150 valence electrons. The van der Waals surface area contributed by atoms with Gasteiger partial charge in [-0.15, -0.1) is 0 Å². The SMILES string of the molecule is O=C(O)/C=C/c1ccc(/C=C2/CN(c3ccc([N+](=O)[O-])cc3)N(S)S2(=O)=O)cc1. The van der Waals surface area contributed by atoms with Crippen molar-refractivity contribution in [2.45, 2.75) is 0 Å². The number of rotatable bonds is 5. The quantitative estimate of drug-likeness (QED) is 0.322. The number of hydrogen-bond acceptors (Lipinski definition) is 7. The zero-order valence-corrected chi connectivity index (χ0v) is 16.5. The van der Waals surface area contributed by atoms with Crippen molar-refractivity contribution in [2.75, 3.05) is 11.6 Å². The van der Waals surface area contributed by atoms with E-state index in [1.54, 1.807) is 24.3 Å². The van der Waals surface area contributed by atoms with Crippen molar-refractivity contribution in [3.8, 4) is 0 Å². The van der Waals surface area contributed by atoms with E-state index in [0.29, 0.717) is 16.8 Å². The Kier molecular flexibility index (Phi) is 5.73. The lowest BCUT2D eigenvalue weighted by atomic mass is 10.1. The molecule has 2 aromatic carbocycles. The van der Waals surface area contributed by atoms with Crippen molar-refractivity contribution < 1.29 is 23.2 Å². The Balaban J connectivity index is 1.86. The molecule has 1 saturated heterocycles. The molecule has 0 bridgehead atoms. The molecule has 1 heterocycles. The summed E-state index contributed by atoms with van der Waals surface area (Å²) in [5.41, 5.74) is 1.61. The van der Waals surface area contributed by atoms with Crippen molar-refractivity contribution in [1.29, 1.82) is 0 Å². The highest BCUT2D eigenvalue weighted by Gasteiger charge is 2.38. The Morgan fingerprint density at radius 2 is 1.69 bits per heavy atom. The van der Waals surface area contributed by atoms with Gasteiger partial charge in [0.1, 0.15) is 0 Å². The van der Waals surface area contributed by atoms with Crippen molar-refractivity contribution in [3.63, 3.8) is 0 Å². The molecule has 0 aliphatic carbocycles. The molecular weight excluding hydrogens is 418 g/mol. The Morgan fingerprint density at radius 1 is 1.10 bits per heavy atom. The van der Waals surface area contributed by atoms with Crippen molar-refractivity contribution in [2.24, 2.45) is 0 Å². The standard InChI is InChI=1S/C18H15N3O6S2/c22-18(23)10-5-13-1-3-14(4-2-13)11-17-12-19(21(28)29(17,26)27)15-6-8-16(9-7-15)20(24)25/h1-11,28H,12H2,(H,22,23)/b10-5+,17-11-. The van der Waals surface area contributed by atoms with Crippen LogP contribution in [0.3, 0.4) is 0 Å². The van der Waals surface area contributed by atoms with Crippen molar-refractivity contribution in [3.05, 3.63) is 80.8 Å². The zero-order valence-electron chi connectivity index (χ0n) is 14.7. The number of aliphatic carboxylic acids is 1. The normalized spacial score (nSPS) is 17.8. The maximum atomic E-state index is 12.7. The van der Waals surface area contributed by atoms with Crippen LogP contribution in [0.15, 0.2) is 59.5 Å². The van der Waals surface area contributed by atoms with E-state index in [-0.39, 0.29) is 17.1 Å². The van der Waals surface area contributed by atoms with Gasteiger partial charge in [-0.3, -0.25) is 15.1 Å². The number of carboxylic acids is 1. The minimum absolute atomic E-state index is 0.00428. The summed E-state index contributed by atoms with van der Waals surface area (Å²) in [6.07, 6.45) is 3.93. The van der Waals surface area contributed by atoms with E-state index in [1.807, 2.05) is 0 Å². The van der Waals surface area contributed by atoms with E-state index in [2.05, 4.69) is 12.8 Å². The summed E-state index contributed by atoms with van der Waals surface area (Å²) < 4.78 is 26.1. The van der Waals surface area contributed by atoms with Gasteiger partial charge in [-0.05, 0) is 35.4 Å². The third-order valence-corrected chi connectivity index (χ3v) is 6.50. The number of carboxylic acid groups (broad SMARTS) is 1. The molecule has 1 aliphatic heterocycles. The smallest absolute Gasteiger partial charge is 0.328 e. The average Bonchev–Trinajstić information content (AvgIpc) is 2.91. The highest BCUT2D eigenvalue weighted by atomic mass is 32.3. The van der Waals surface area contributed by atoms with Crippen LogP contribution < -0.4 is 5.01 Å². The second kappa shape index (κ2) is 8.07. The Hall–Kier alpha value is -3.15. The molecule has 29 heavy (non-hydrogen) atoms. The van der Waals surface area contributed by atoms with Gasteiger partial charge in [0.05, 0.1) is 22.1 Å². The first-order valence-electron chi connectivity index (χ1n) is 8.16. The predicted molar refractivity (Wildman–Crippen MR) is 111 cm³/mol. The van der Waals surface area contributed by atoms with E-state index in [0.717, 1.165) is 9.90 Å². The molecule has 0 unspecified atom stereocenters. The van der Waals surface area contributed by atoms with Crippen LogP contribution in [-0.4, -0.2) is 34.8 Å². The minimum Gasteiger partial charge on any atom is -0.478 e. The lowest BCUT2D eigenvalue weighted by molar-refractivity contribution is -0.384. The molecule has 0 aromatic heterocycles. The summed E-state index contributed by atoms with van der Waals surface area (Å²) in [4.78, 5) is 20.9. The molecule has 3 rings (SSSR count). The number of thiol groups is 1. The number of sulfonamides is 1. The second-order valence-corrected chi connectivity index (χ2v) is 8.48. The molecule has 9 nitrogen and oxygen atoms in total. The number of nitro groups is 1. The van der Waals surface area contributed by atoms with Gasteiger partial charge in [-0.1, -0.05) is 40.9 Å². The number of carbonyl (C=O) groups is 1. The molecular formula is C18H15N3O6S2. The van der Waals surface area contributed by atoms with Gasteiger partial charge in [0.25, 0.3) is 15.7 Å². The number of non-ortho nitro benzene ring substituents is 1. The van der Waals surface area contributed by atoms with Gasteiger partial charge in [-0.25, -0.2) is 13.2 Å². The van der Waals surface area contributed by atoms with Crippen LogP contribution in [0.4, 0.5) is 11.4 Å².